The molecule has 2 heteroatoms. The summed E-state index contributed by atoms with van der Waals surface area (Å²) in [5.41, 5.74) is 2.61. The monoisotopic (exact) mass is 281 g/mol. The summed E-state index contributed by atoms with van der Waals surface area (Å²) in [6, 6.07) is 8.76. The second-order valence-electron chi connectivity index (χ2n) is 3.94. The summed E-state index contributed by atoms with van der Waals surface area (Å²) in [5, 5.41) is 3.51. The van der Waals surface area contributed by atoms with Gasteiger partial charge in [-0.15, -0.1) is 0 Å². The van der Waals surface area contributed by atoms with Gasteiger partial charge in [-0.05, 0) is 31.0 Å². The highest BCUT2D eigenvalue weighted by Gasteiger charge is 2.13. The van der Waals surface area contributed by atoms with E-state index >= 15 is 0 Å². The van der Waals surface area contributed by atoms with Crippen LogP contribution in [0.1, 0.15) is 38.3 Å². The Kier molecular flexibility index (Phi) is 5.78. The minimum atomic E-state index is 0.369. The van der Waals surface area contributed by atoms with Crippen molar-refractivity contribution in [2.24, 2.45) is 0 Å². The van der Waals surface area contributed by atoms with Crippen LogP contribution >= 0.6 is 15.9 Å². The van der Waals surface area contributed by atoms with Crippen LogP contribution in [-0.4, -0.2) is 6.54 Å². The third-order valence-corrected chi connectivity index (χ3v) is 3.45. The van der Waals surface area contributed by atoms with Crippen molar-refractivity contribution >= 4 is 15.9 Å². The molecule has 0 aliphatic heterocycles. The first-order chi connectivity index (χ1) is 7.69. The molecule has 1 aromatic carbocycles. The Morgan fingerprint density at radius 3 is 2.62 bits per heavy atom. The molecule has 1 N–H and O–H groups in total. The van der Waals surface area contributed by atoms with Crippen molar-refractivity contribution in [3.05, 3.63) is 46.5 Å². The predicted octanol–water partition coefficient (Wildman–Crippen LogP) is 4.46. The van der Waals surface area contributed by atoms with Gasteiger partial charge >= 0.3 is 0 Å². The maximum Gasteiger partial charge on any atom is 0.0368 e. The minimum Gasteiger partial charge on any atom is -0.310 e. The Bertz CT molecular complexity index is 346. The Morgan fingerprint density at radius 1 is 1.38 bits per heavy atom. The fourth-order valence-electron chi connectivity index (χ4n) is 1.73. The number of hydrogen-bond acceptors (Lipinski definition) is 1. The van der Waals surface area contributed by atoms with Crippen molar-refractivity contribution in [1.82, 2.24) is 5.32 Å². The number of halogens is 1. The van der Waals surface area contributed by atoms with Crippen LogP contribution in [0.5, 0.6) is 0 Å². The largest absolute Gasteiger partial charge is 0.310 e. The van der Waals surface area contributed by atoms with E-state index in [-0.39, 0.29) is 0 Å². The molecule has 0 heterocycles. The minimum absolute atomic E-state index is 0.369. The topological polar surface area (TPSA) is 12.0 Å². The molecule has 0 bridgehead atoms. The molecule has 0 aliphatic carbocycles. The first kappa shape index (κ1) is 13.5. The summed E-state index contributed by atoms with van der Waals surface area (Å²) < 4.78 is 1.17. The molecule has 1 nitrogen and oxygen atoms in total. The summed E-state index contributed by atoms with van der Waals surface area (Å²) in [4.78, 5) is 0. The van der Waals surface area contributed by atoms with E-state index in [9.17, 15) is 0 Å². The lowest BCUT2D eigenvalue weighted by Crippen LogP contribution is -2.21. The molecule has 1 atom stereocenters. The molecule has 1 aromatic rings. The first-order valence-corrected chi connectivity index (χ1v) is 6.62. The zero-order valence-corrected chi connectivity index (χ0v) is 11.7. The summed E-state index contributed by atoms with van der Waals surface area (Å²) in [6.07, 6.45) is 2.05. The standard InChI is InChI=1S/C14H20BrN/c1-4-11(3)10-14(16-5-2)12-8-6-7-9-13(12)15/h6-9,14,16H,3-5,10H2,1-2H3. The SMILES string of the molecule is C=C(CC)CC(NCC)c1ccccc1Br. The Hall–Kier alpha value is -0.600. The van der Waals surface area contributed by atoms with Crippen molar-refractivity contribution in [2.45, 2.75) is 32.7 Å². The molecular formula is C14H20BrN. The maximum atomic E-state index is 4.10. The van der Waals surface area contributed by atoms with Crippen LogP contribution in [0.3, 0.4) is 0 Å². The maximum absolute atomic E-state index is 4.10. The van der Waals surface area contributed by atoms with E-state index in [0.717, 1.165) is 19.4 Å². The lowest BCUT2D eigenvalue weighted by molar-refractivity contribution is 0.541. The van der Waals surface area contributed by atoms with Crippen molar-refractivity contribution in [3.8, 4) is 0 Å². The summed E-state index contributed by atoms with van der Waals surface area (Å²) in [7, 11) is 0. The van der Waals surface area contributed by atoms with Crippen LogP contribution in [0.4, 0.5) is 0 Å². The molecule has 1 rings (SSSR count). The highest BCUT2D eigenvalue weighted by molar-refractivity contribution is 9.10. The van der Waals surface area contributed by atoms with Crippen molar-refractivity contribution < 1.29 is 0 Å². The average Bonchev–Trinajstić information content (AvgIpc) is 2.29. The van der Waals surface area contributed by atoms with Crippen molar-refractivity contribution in [1.29, 1.82) is 0 Å². The van der Waals surface area contributed by atoms with Gasteiger partial charge in [-0.3, -0.25) is 0 Å². The van der Waals surface area contributed by atoms with Gasteiger partial charge in [0.25, 0.3) is 0 Å². The number of hydrogen-bond donors (Lipinski definition) is 1. The van der Waals surface area contributed by atoms with Gasteiger partial charge in [0.1, 0.15) is 0 Å². The van der Waals surface area contributed by atoms with Crippen LogP contribution in [0.15, 0.2) is 40.9 Å². The number of nitrogens with one attached hydrogen (secondary N) is 1. The van der Waals surface area contributed by atoms with Crippen LogP contribution < -0.4 is 5.32 Å². The van der Waals surface area contributed by atoms with Gasteiger partial charge in [0.15, 0.2) is 0 Å². The van der Waals surface area contributed by atoms with Crippen LogP contribution in [0.2, 0.25) is 0 Å². The van der Waals surface area contributed by atoms with Crippen LogP contribution in [-0.2, 0) is 0 Å². The first-order valence-electron chi connectivity index (χ1n) is 5.83. The Labute approximate surface area is 107 Å². The van der Waals surface area contributed by atoms with Crippen LogP contribution in [0.25, 0.3) is 0 Å². The molecule has 0 spiro atoms. The van der Waals surface area contributed by atoms with Gasteiger partial charge in [0.2, 0.25) is 0 Å². The lowest BCUT2D eigenvalue weighted by atomic mass is 9.98. The highest BCUT2D eigenvalue weighted by atomic mass is 79.9. The molecule has 0 saturated heterocycles. The van der Waals surface area contributed by atoms with Crippen molar-refractivity contribution in [2.75, 3.05) is 6.54 Å². The molecule has 0 radical (unpaired) electrons. The number of rotatable bonds is 6. The van der Waals surface area contributed by atoms with Gasteiger partial charge in [-0.2, -0.15) is 0 Å². The average molecular weight is 282 g/mol. The van der Waals surface area contributed by atoms with E-state index in [1.165, 1.54) is 15.6 Å². The Balaban J connectivity index is 2.85. The molecule has 0 fully saturated rings. The van der Waals surface area contributed by atoms with Gasteiger partial charge < -0.3 is 5.32 Å². The smallest absolute Gasteiger partial charge is 0.0368 e. The second kappa shape index (κ2) is 6.87. The van der Waals surface area contributed by atoms with Gasteiger partial charge in [-0.25, -0.2) is 0 Å². The molecular weight excluding hydrogens is 262 g/mol. The molecule has 0 amide bonds. The van der Waals surface area contributed by atoms with E-state index in [0.29, 0.717) is 6.04 Å². The zero-order valence-electron chi connectivity index (χ0n) is 10.1. The van der Waals surface area contributed by atoms with Crippen molar-refractivity contribution in [3.63, 3.8) is 0 Å². The fraction of sp³-hybridized carbons (Fsp3) is 0.429. The normalized spacial score (nSPS) is 12.4. The van der Waals surface area contributed by atoms with E-state index in [1.54, 1.807) is 0 Å². The van der Waals surface area contributed by atoms with Gasteiger partial charge in [0.05, 0.1) is 0 Å². The quantitative estimate of drug-likeness (QED) is 0.760. The molecule has 0 aromatic heterocycles. The third kappa shape index (κ3) is 3.76. The molecule has 88 valence electrons. The predicted molar refractivity (Wildman–Crippen MR) is 74.6 cm³/mol. The van der Waals surface area contributed by atoms with Crippen LogP contribution in [0, 0.1) is 0 Å². The Morgan fingerprint density at radius 2 is 2.06 bits per heavy atom. The molecule has 1 unspecified atom stereocenters. The van der Waals surface area contributed by atoms with Gasteiger partial charge in [-0.1, -0.05) is 60.1 Å². The van der Waals surface area contributed by atoms with Gasteiger partial charge in [0, 0.05) is 10.5 Å². The molecule has 0 saturated carbocycles. The zero-order chi connectivity index (χ0) is 12.0. The van der Waals surface area contributed by atoms with E-state index in [2.05, 4.69) is 59.9 Å². The van der Waals surface area contributed by atoms with E-state index in [4.69, 9.17) is 0 Å². The molecule has 0 aliphatic rings. The fourth-order valence-corrected chi connectivity index (χ4v) is 2.29. The van der Waals surface area contributed by atoms with E-state index in [1.807, 2.05) is 6.07 Å². The molecule has 16 heavy (non-hydrogen) atoms. The summed E-state index contributed by atoms with van der Waals surface area (Å²) in [5.74, 6) is 0. The highest BCUT2D eigenvalue weighted by Crippen LogP contribution is 2.27. The second-order valence-corrected chi connectivity index (χ2v) is 4.79. The third-order valence-electron chi connectivity index (χ3n) is 2.72. The van der Waals surface area contributed by atoms with E-state index < -0.39 is 0 Å². The summed E-state index contributed by atoms with van der Waals surface area (Å²) >= 11 is 3.61. The summed E-state index contributed by atoms with van der Waals surface area (Å²) in [6.45, 7) is 9.37. The lowest BCUT2D eigenvalue weighted by Gasteiger charge is -2.20. The number of benzene rings is 1.